The largest absolute Gasteiger partial charge is 0.496 e. The number of halogens is 1. The number of nitrogens with zero attached hydrogens (tertiary/aromatic N) is 1. The van der Waals surface area contributed by atoms with Crippen molar-refractivity contribution in [2.75, 3.05) is 40.2 Å². The Bertz CT molecular complexity index is 1070. The quantitative estimate of drug-likeness (QED) is 0.639. The zero-order chi connectivity index (χ0) is 22.6. The van der Waals surface area contributed by atoms with Crippen LogP contribution in [0, 0.1) is 0 Å². The molecule has 10 heteroatoms. The van der Waals surface area contributed by atoms with Crippen LogP contribution in [0.1, 0.15) is 21.5 Å². The van der Waals surface area contributed by atoms with Gasteiger partial charge in [-0.05, 0) is 47.9 Å². The predicted octanol–water partition coefficient (Wildman–Crippen LogP) is 2.48. The molecule has 1 amide bonds. The zero-order valence-corrected chi connectivity index (χ0v) is 19.2. The van der Waals surface area contributed by atoms with Crippen molar-refractivity contribution in [2.24, 2.45) is 0 Å². The van der Waals surface area contributed by atoms with Crippen molar-refractivity contribution in [3.63, 3.8) is 0 Å². The lowest BCUT2D eigenvalue weighted by Gasteiger charge is -2.29. The lowest BCUT2D eigenvalue weighted by molar-refractivity contribution is 0.0953. The molecule has 3 rings (SSSR count). The molecule has 1 N–H and O–H groups in total. The van der Waals surface area contributed by atoms with Gasteiger partial charge in [0.1, 0.15) is 5.75 Å². The molecule has 1 heterocycles. The van der Waals surface area contributed by atoms with E-state index < -0.39 is 15.9 Å². The van der Waals surface area contributed by atoms with Crippen molar-refractivity contribution in [1.82, 2.24) is 9.62 Å². The SMILES string of the molecule is COc1cc2c(cc1OC)CN(S(=O)(=O)CCNC(=O)c1cc(Cl)ccc1OC)CC2. The van der Waals surface area contributed by atoms with Gasteiger partial charge in [-0.1, -0.05) is 11.6 Å². The van der Waals surface area contributed by atoms with Crippen molar-refractivity contribution in [3.05, 3.63) is 52.0 Å². The number of fused-ring (bicyclic) bond motifs is 1. The predicted molar refractivity (Wildman–Crippen MR) is 118 cm³/mol. The van der Waals surface area contributed by atoms with E-state index in [-0.39, 0.29) is 24.4 Å². The fourth-order valence-corrected chi connectivity index (χ4v) is 4.97. The van der Waals surface area contributed by atoms with E-state index in [9.17, 15) is 13.2 Å². The van der Waals surface area contributed by atoms with Crippen LogP contribution in [-0.4, -0.2) is 58.8 Å². The average molecular weight is 469 g/mol. The van der Waals surface area contributed by atoms with Crippen LogP contribution in [0.5, 0.6) is 17.2 Å². The third-order valence-corrected chi connectivity index (χ3v) is 7.18. The number of nitrogens with one attached hydrogen (secondary N) is 1. The Morgan fingerprint density at radius 1 is 1.03 bits per heavy atom. The third kappa shape index (κ3) is 5.23. The molecule has 2 aromatic rings. The Balaban J connectivity index is 1.64. The number of rotatable bonds is 8. The molecule has 1 aliphatic heterocycles. The molecule has 1 aliphatic rings. The average Bonchev–Trinajstić information content (AvgIpc) is 2.77. The maximum Gasteiger partial charge on any atom is 0.255 e. The van der Waals surface area contributed by atoms with E-state index in [1.54, 1.807) is 26.4 Å². The van der Waals surface area contributed by atoms with Gasteiger partial charge in [0.05, 0.1) is 32.6 Å². The van der Waals surface area contributed by atoms with Crippen LogP contribution in [0.15, 0.2) is 30.3 Å². The second kappa shape index (κ2) is 9.76. The molecule has 0 radical (unpaired) electrons. The van der Waals surface area contributed by atoms with E-state index in [2.05, 4.69) is 5.32 Å². The molecule has 0 atom stereocenters. The molecule has 0 aliphatic carbocycles. The number of carbonyl (C=O) groups excluding carboxylic acids is 1. The van der Waals surface area contributed by atoms with Crippen LogP contribution in [0.2, 0.25) is 5.02 Å². The van der Waals surface area contributed by atoms with Crippen molar-refractivity contribution >= 4 is 27.5 Å². The minimum Gasteiger partial charge on any atom is -0.496 e. The van der Waals surface area contributed by atoms with Crippen molar-refractivity contribution in [2.45, 2.75) is 13.0 Å². The fraction of sp³-hybridized carbons (Fsp3) is 0.381. The summed E-state index contributed by atoms with van der Waals surface area (Å²) in [6.45, 7) is 0.571. The summed E-state index contributed by atoms with van der Waals surface area (Å²) in [6.07, 6.45) is 0.570. The van der Waals surface area contributed by atoms with Gasteiger partial charge >= 0.3 is 0 Å². The van der Waals surface area contributed by atoms with E-state index in [1.165, 1.54) is 17.5 Å². The summed E-state index contributed by atoms with van der Waals surface area (Å²) in [6, 6.07) is 8.37. The van der Waals surface area contributed by atoms with E-state index in [1.807, 2.05) is 12.1 Å². The highest BCUT2D eigenvalue weighted by Crippen LogP contribution is 2.33. The van der Waals surface area contributed by atoms with Gasteiger partial charge in [0.15, 0.2) is 11.5 Å². The normalized spacial score (nSPS) is 13.9. The highest BCUT2D eigenvalue weighted by molar-refractivity contribution is 7.89. The maximum atomic E-state index is 12.8. The van der Waals surface area contributed by atoms with E-state index >= 15 is 0 Å². The Hall–Kier alpha value is -2.49. The van der Waals surface area contributed by atoms with Gasteiger partial charge in [0.25, 0.3) is 5.91 Å². The minimum atomic E-state index is -3.57. The van der Waals surface area contributed by atoms with Crippen LogP contribution in [-0.2, 0) is 23.0 Å². The summed E-state index contributed by atoms with van der Waals surface area (Å²) in [7, 11) is 0.981. The van der Waals surface area contributed by atoms with E-state index in [0.717, 1.165) is 11.1 Å². The lowest BCUT2D eigenvalue weighted by Crippen LogP contribution is -2.40. The van der Waals surface area contributed by atoms with Gasteiger partial charge in [0.2, 0.25) is 10.0 Å². The van der Waals surface area contributed by atoms with Crippen molar-refractivity contribution in [1.29, 1.82) is 0 Å². The molecule has 0 saturated heterocycles. The van der Waals surface area contributed by atoms with Crippen LogP contribution in [0.25, 0.3) is 0 Å². The number of benzene rings is 2. The number of hydrogen-bond acceptors (Lipinski definition) is 6. The van der Waals surface area contributed by atoms with E-state index in [4.69, 9.17) is 25.8 Å². The molecule has 0 unspecified atom stereocenters. The van der Waals surface area contributed by atoms with Gasteiger partial charge in [0, 0.05) is 24.7 Å². The summed E-state index contributed by atoms with van der Waals surface area (Å²) in [5.41, 5.74) is 2.16. The number of carbonyl (C=O) groups is 1. The first-order valence-corrected chi connectivity index (χ1v) is 11.6. The molecule has 2 aromatic carbocycles. The smallest absolute Gasteiger partial charge is 0.255 e. The maximum absolute atomic E-state index is 12.8. The molecule has 8 nitrogen and oxygen atoms in total. The van der Waals surface area contributed by atoms with Crippen LogP contribution < -0.4 is 19.5 Å². The number of sulfonamides is 1. The summed E-state index contributed by atoms with van der Waals surface area (Å²) in [5.74, 6) is 0.877. The first-order chi connectivity index (χ1) is 14.8. The molecule has 0 saturated carbocycles. The topological polar surface area (TPSA) is 94.2 Å². The van der Waals surface area contributed by atoms with Gasteiger partial charge in [-0.3, -0.25) is 4.79 Å². The second-order valence-corrected chi connectivity index (χ2v) is 9.50. The highest BCUT2D eigenvalue weighted by atomic mass is 35.5. The molecule has 0 fully saturated rings. The molecule has 0 bridgehead atoms. The molecule has 0 spiro atoms. The Morgan fingerprint density at radius 2 is 1.68 bits per heavy atom. The molecule has 0 aromatic heterocycles. The number of hydrogen-bond donors (Lipinski definition) is 1. The number of methoxy groups -OCH3 is 3. The van der Waals surface area contributed by atoms with Crippen LogP contribution in [0.4, 0.5) is 0 Å². The Kier molecular flexibility index (Phi) is 7.30. The summed E-state index contributed by atoms with van der Waals surface area (Å²) >= 11 is 5.95. The first kappa shape index (κ1) is 23.2. The molecule has 168 valence electrons. The van der Waals surface area contributed by atoms with Crippen molar-refractivity contribution in [3.8, 4) is 17.2 Å². The minimum absolute atomic E-state index is 0.0356. The van der Waals surface area contributed by atoms with Gasteiger partial charge in [-0.2, -0.15) is 4.31 Å². The third-order valence-electron chi connectivity index (χ3n) is 5.13. The lowest BCUT2D eigenvalue weighted by atomic mass is 10.0. The first-order valence-electron chi connectivity index (χ1n) is 9.62. The van der Waals surface area contributed by atoms with Crippen LogP contribution in [0.3, 0.4) is 0 Å². The summed E-state index contributed by atoms with van der Waals surface area (Å²) in [4.78, 5) is 12.4. The molecule has 31 heavy (non-hydrogen) atoms. The van der Waals surface area contributed by atoms with E-state index in [0.29, 0.717) is 35.2 Å². The summed E-state index contributed by atoms with van der Waals surface area (Å²) < 4.78 is 42.9. The molecular formula is C21H25ClN2O6S. The monoisotopic (exact) mass is 468 g/mol. The number of amides is 1. The Morgan fingerprint density at radius 3 is 2.32 bits per heavy atom. The fourth-order valence-electron chi connectivity index (χ4n) is 3.47. The van der Waals surface area contributed by atoms with Gasteiger partial charge in [-0.25, -0.2) is 8.42 Å². The summed E-state index contributed by atoms with van der Waals surface area (Å²) in [5, 5.41) is 3.02. The van der Waals surface area contributed by atoms with Gasteiger partial charge < -0.3 is 19.5 Å². The standard InChI is InChI=1S/C21H25ClN2O6S/c1-28-18-5-4-16(22)12-17(18)21(25)23-7-9-31(26,27)24-8-6-14-10-19(29-2)20(30-3)11-15(14)13-24/h4-5,10-12H,6-9,13H2,1-3H3,(H,23,25). The van der Waals surface area contributed by atoms with Gasteiger partial charge in [-0.15, -0.1) is 0 Å². The Labute approximate surface area is 187 Å². The zero-order valence-electron chi connectivity index (χ0n) is 17.6. The highest BCUT2D eigenvalue weighted by Gasteiger charge is 2.28. The number of ether oxygens (including phenoxy) is 3. The second-order valence-electron chi connectivity index (χ2n) is 6.98. The van der Waals surface area contributed by atoms with Crippen LogP contribution >= 0.6 is 11.6 Å². The van der Waals surface area contributed by atoms with Crippen molar-refractivity contribution < 1.29 is 27.4 Å². The molecular weight excluding hydrogens is 444 g/mol.